The van der Waals surface area contributed by atoms with Gasteiger partial charge in [-0.3, -0.25) is 10.1 Å². The van der Waals surface area contributed by atoms with Crippen molar-refractivity contribution in [3.05, 3.63) is 56.3 Å². The molecule has 164 valence electrons. The van der Waals surface area contributed by atoms with E-state index in [9.17, 15) is 10.1 Å². The molecule has 2 unspecified atom stereocenters. The molecule has 0 saturated carbocycles. The highest BCUT2D eigenvalue weighted by atomic mass is 16.6. The molecular weight excluding hydrogens is 378 g/mol. The number of ether oxygens (including phenoxy) is 2. The van der Waals surface area contributed by atoms with Gasteiger partial charge in [-0.05, 0) is 66.6 Å². The van der Waals surface area contributed by atoms with Crippen molar-refractivity contribution >= 4 is 0 Å². The summed E-state index contributed by atoms with van der Waals surface area (Å²) in [6.45, 7) is 11.0. The van der Waals surface area contributed by atoms with E-state index in [2.05, 4.69) is 33.8 Å². The summed E-state index contributed by atoms with van der Waals surface area (Å²) in [4.78, 5) is 11.0. The lowest BCUT2D eigenvalue weighted by Crippen LogP contribution is -2.20. The third-order valence-corrected chi connectivity index (χ3v) is 6.14. The van der Waals surface area contributed by atoms with E-state index in [-0.39, 0.29) is 27.4 Å². The molecule has 0 amide bonds. The van der Waals surface area contributed by atoms with Gasteiger partial charge in [-0.1, -0.05) is 40.2 Å². The first-order chi connectivity index (χ1) is 13.9. The fourth-order valence-electron chi connectivity index (χ4n) is 5.22. The van der Waals surface area contributed by atoms with Gasteiger partial charge in [0.1, 0.15) is 11.5 Å². The molecule has 3 rings (SSSR count). The van der Waals surface area contributed by atoms with E-state index in [1.165, 1.54) is 22.3 Å². The number of hydrogen-bond acceptors (Lipinski definition) is 4. The molecule has 0 fully saturated rings. The van der Waals surface area contributed by atoms with Crippen molar-refractivity contribution in [2.75, 3.05) is 14.2 Å². The van der Waals surface area contributed by atoms with Gasteiger partial charge >= 0.3 is 0 Å². The maximum atomic E-state index is 11.3. The minimum atomic E-state index is -0.272. The lowest BCUT2D eigenvalue weighted by atomic mass is 9.77. The third-order valence-electron chi connectivity index (χ3n) is 6.14. The maximum absolute atomic E-state index is 11.3. The molecule has 30 heavy (non-hydrogen) atoms. The van der Waals surface area contributed by atoms with Crippen molar-refractivity contribution in [3.8, 4) is 11.5 Å². The average molecular weight is 414 g/mol. The standard InChI is InChI=1S/C25H35NO4/c1-16-8-17(10-19(9-16)26(27)28)12-25(5)14-20-21(15-25)23(30-7)18(11-22(20)29-6)13-24(2,3)4/h9-11,16H,8,12-15H2,1-7H3. The Morgan fingerprint density at radius 2 is 1.87 bits per heavy atom. The zero-order valence-electron chi connectivity index (χ0n) is 19.4. The SMILES string of the molecule is COc1cc(CC(C)(C)C)c(OC)c2c1CC(C)(CC1=CC([N+](=O)[O-])=CC(C)C1)C2. The van der Waals surface area contributed by atoms with Gasteiger partial charge in [-0.25, -0.2) is 0 Å². The molecule has 0 aliphatic heterocycles. The Kier molecular flexibility index (Phi) is 6.03. The Balaban J connectivity index is 1.95. The predicted octanol–water partition coefficient (Wildman–Crippen LogP) is 5.91. The first-order valence-electron chi connectivity index (χ1n) is 10.8. The van der Waals surface area contributed by atoms with E-state index in [1.807, 2.05) is 6.92 Å². The fourth-order valence-corrected chi connectivity index (χ4v) is 5.22. The van der Waals surface area contributed by atoms with Crippen LogP contribution in [-0.4, -0.2) is 19.1 Å². The summed E-state index contributed by atoms with van der Waals surface area (Å²) >= 11 is 0. The topological polar surface area (TPSA) is 61.6 Å². The van der Waals surface area contributed by atoms with Crippen LogP contribution in [0.15, 0.2) is 29.5 Å². The minimum absolute atomic E-state index is 0.00610. The van der Waals surface area contributed by atoms with Gasteiger partial charge in [0, 0.05) is 17.2 Å². The lowest BCUT2D eigenvalue weighted by molar-refractivity contribution is -0.419. The van der Waals surface area contributed by atoms with E-state index < -0.39 is 0 Å². The minimum Gasteiger partial charge on any atom is -0.496 e. The summed E-state index contributed by atoms with van der Waals surface area (Å²) in [6, 6.07) is 2.14. The average Bonchev–Trinajstić information content (AvgIpc) is 2.95. The number of nitrogens with zero attached hydrogens (tertiary/aromatic N) is 1. The molecule has 1 aromatic carbocycles. The van der Waals surface area contributed by atoms with E-state index in [4.69, 9.17) is 9.47 Å². The first-order valence-corrected chi connectivity index (χ1v) is 10.8. The quantitative estimate of drug-likeness (QED) is 0.429. The molecule has 5 heteroatoms. The molecule has 1 aromatic rings. The number of benzene rings is 1. The van der Waals surface area contributed by atoms with E-state index >= 15 is 0 Å². The Labute approximate surface area is 180 Å². The van der Waals surface area contributed by atoms with Crippen LogP contribution in [0.3, 0.4) is 0 Å². The summed E-state index contributed by atoms with van der Waals surface area (Å²) in [5.41, 5.74) is 5.19. The number of allylic oxidation sites excluding steroid dienone is 3. The molecule has 0 bridgehead atoms. The highest BCUT2D eigenvalue weighted by Crippen LogP contribution is 2.50. The van der Waals surface area contributed by atoms with Crippen LogP contribution in [0.5, 0.6) is 11.5 Å². The monoisotopic (exact) mass is 413 g/mol. The van der Waals surface area contributed by atoms with Crippen LogP contribution >= 0.6 is 0 Å². The van der Waals surface area contributed by atoms with Crippen LogP contribution in [0.2, 0.25) is 0 Å². The van der Waals surface area contributed by atoms with Gasteiger partial charge in [0.05, 0.1) is 19.1 Å². The summed E-state index contributed by atoms with van der Waals surface area (Å²) < 4.78 is 11.7. The Bertz CT molecular complexity index is 907. The second-order valence-corrected chi connectivity index (χ2v) is 10.6. The summed E-state index contributed by atoms with van der Waals surface area (Å²) in [5.74, 6) is 2.12. The molecule has 0 radical (unpaired) electrons. The second kappa shape index (κ2) is 8.09. The zero-order valence-corrected chi connectivity index (χ0v) is 19.4. The smallest absolute Gasteiger partial charge is 0.265 e. The summed E-state index contributed by atoms with van der Waals surface area (Å²) in [6.07, 6.45) is 7.97. The highest BCUT2D eigenvalue weighted by molar-refractivity contribution is 5.57. The molecular formula is C25H35NO4. The van der Waals surface area contributed by atoms with Gasteiger partial charge in [0.25, 0.3) is 5.70 Å². The Hall–Kier alpha value is -2.30. The molecule has 0 aromatic heterocycles. The summed E-state index contributed by atoms with van der Waals surface area (Å²) in [5, 5.41) is 11.3. The van der Waals surface area contributed by atoms with Crippen LogP contribution in [-0.2, 0) is 19.3 Å². The molecule has 2 atom stereocenters. The number of fused-ring (bicyclic) bond motifs is 1. The van der Waals surface area contributed by atoms with Crippen molar-refractivity contribution in [2.24, 2.45) is 16.7 Å². The van der Waals surface area contributed by atoms with Crippen molar-refractivity contribution < 1.29 is 14.4 Å². The molecule has 0 N–H and O–H groups in total. The van der Waals surface area contributed by atoms with E-state index in [0.717, 1.165) is 43.6 Å². The van der Waals surface area contributed by atoms with Gasteiger partial charge in [-0.15, -0.1) is 0 Å². The molecule has 0 spiro atoms. The molecule has 2 aliphatic rings. The van der Waals surface area contributed by atoms with Crippen molar-refractivity contribution in [2.45, 2.75) is 66.7 Å². The summed E-state index contributed by atoms with van der Waals surface area (Å²) in [7, 11) is 3.49. The van der Waals surface area contributed by atoms with Crippen LogP contribution in [0.4, 0.5) is 0 Å². The van der Waals surface area contributed by atoms with Crippen LogP contribution in [0.1, 0.15) is 64.2 Å². The number of nitro groups is 1. The third kappa shape index (κ3) is 4.71. The number of hydrogen-bond donors (Lipinski definition) is 0. The first kappa shape index (κ1) is 22.4. The zero-order chi connectivity index (χ0) is 22.3. The van der Waals surface area contributed by atoms with Crippen LogP contribution < -0.4 is 9.47 Å². The van der Waals surface area contributed by atoms with Gasteiger partial charge in [0.15, 0.2) is 0 Å². The van der Waals surface area contributed by atoms with Crippen molar-refractivity contribution in [1.29, 1.82) is 0 Å². The Morgan fingerprint density at radius 1 is 1.20 bits per heavy atom. The van der Waals surface area contributed by atoms with Crippen molar-refractivity contribution in [1.82, 2.24) is 0 Å². The van der Waals surface area contributed by atoms with Gasteiger partial charge in [-0.2, -0.15) is 0 Å². The van der Waals surface area contributed by atoms with Crippen LogP contribution in [0.25, 0.3) is 0 Å². The fraction of sp³-hybridized carbons (Fsp3) is 0.600. The lowest BCUT2D eigenvalue weighted by Gasteiger charge is -2.27. The molecule has 0 heterocycles. The molecule has 2 aliphatic carbocycles. The number of methoxy groups -OCH3 is 2. The maximum Gasteiger partial charge on any atom is 0.265 e. The number of rotatable bonds is 6. The van der Waals surface area contributed by atoms with Crippen LogP contribution in [0, 0.1) is 26.9 Å². The van der Waals surface area contributed by atoms with Gasteiger partial charge < -0.3 is 9.47 Å². The molecule has 0 saturated heterocycles. The predicted molar refractivity (Wildman–Crippen MR) is 120 cm³/mol. The molecule has 5 nitrogen and oxygen atoms in total. The van der Waals surface area contributed by atoms with E-state index in [0.29, 0.717) is 0 Å². The Morgan fingerprint density at radius 3 is 2.43 bits per heavy atom. The van der Waals surface area contributed by atoms with E-state index in [1.54, 1.807) is 26.4 Å². The normalized spacial score (nSPS) is 23.5. The van der Waals surface area contributed by atoms with Gasteiger partial charge in [0.2, 0.25) is 0 Å². The second-order valence-electron chi connectivity index (χ2n) is 10.6. The highest BCUT2D eigenvalue weighted by Gasteiger charge is 2.39. The largest absolute Gasteiger partial charge is 0.496 e. The van der Waals surface area contributed by atoms with Crippen molar-refractivity contribution in [3.63, 3.8) is 0 Å².